The highest BCUT2D eigenvalue weighted by Gasteiger charge is 2.17. The molecule has 0 spiro atoms. The van der Waals surface area contributed by atoms with Crippen LogP contribution in [0, 0.1) is 5.92 Å². The molecule has 2 unspecified atom stereocenters. The summed E-state index contributed by atoms with van der Waals surface area (Å²) in [5.41, 5.74) is 0.485. The van der Waals surface area contributed by atoms with Crippen molar-refractivity contribution >= 4 is 12.0 Å². The number of allylic oxidation sites excluding steroid dienone is 5. The molecule has 0 aromatic carbocycles. The van der Waals surface area contributed by atoms with Crippen LogP contribution in [0.25, 0.3) is 0 Å². The van der Waals surface area contributed by atoms with E-state index in [4.69, 9.17) is 4.74 Å². The van der Waals surface area contributed by atoms with Gasteiger partial charge in [0.25, 0.3) is 0 Å². The van der Waals surface area contributed by atoms with Crippen molar-refractivity contribution in [3.05, 3.63) is 48.2 Å². The summed E-state index contributed by atoms with van der Waals surface area (Å²) in [6.45, 7) is 7.05. The summed E-state index contributed by atoms with van der Waals surface area (Å²) in [6.07, 6.45) is 11.9. The van der Waals surface area contributed by atoms with Gasteiger partial charge in [-0.3, -0.25) is 14.7 Å². The number of hydrogen-bond acceptors (Lipinski definition) is 6. The SMILES string of the molecule is CCN(CCCC(O)C(C)COC1=CC=CC=C(F)C1)CC(C=O)=NC=CCNC. The first-order valence-corrected chi connectivity index (χ1v) is 10.6. The number of hydrogen-bond donors (Lipinski definition) is 2. The Balaban J connectivity index is 2.37. The normalized spacial score (nSPS) is 16.9. The average Bonchev–Trinajstić information content (AvgIpc) is 2.96. The second-order valence-electron chi connectivity index (χ2n) is 7.36. The van der Waals surface area contributed by atoms with E-state index in [1.54, 1.807) is 24.4 Å². The summed E-state index contributed by atoms with van der Waals surface area (Å²) in [5, 5.41) is 13.4. The standard InChI is InChI=1S/C23H36FN3O3/c1-4-27(16-21(17-28)26-13-8-12-25-3)14-7-11-23(29)19(2)18-30-22-10-6-5-9-20(24)15-22/h5-6,8-10,13,17,19,23,25,29H,4,7,11-12,14-16,18H2,1-3H3. The number of carbonyl (C=O) groups is 1. The number of nitrogens with one attached hydrogen (secondary N) is 1. The topological polar surface area (TPSA) is 74.2 Å². The number of likely N-dealkylation sites (N-methyl/N-ethyl adjacent to an activating group) is 1. The molecule has 2 N–H and O–H groups in total. The molecule has 0 radical (unpaired) electrons. The number of aliphatic imine (C=N–C) groups is 1. The highest BCUT2D eigenvalue weighted by atomic mass is 19.1. The lowest BCUT2D eigenvalue weighted by molar-refractivity contribution is -0.102. The summed E-state index contributed by atoms with van der Waals surface area (Å²) in [7, 11) is 1.85. The highest BCUT2D eigenvalue weighted by Crippen LogP contribution is 2.19. The Kier molecular flexibility index (Phi) is 13.6. The zero-order valence-electron chi connectivity index (χ0n) is 18.4. The van der Waals surface area contributed by atoms with Gasteiger partial charge in [0.1, 0.15) is 11.6 Å². The number of ether oxygens (including phenoxy) is 1. The van der Waals surface area contributed by atoms with Crippen molar-refractivity contribution in [3.63, 3.8) is 0 Å². The minimum atomic E-state index is -0.505. The molecule has 6 nitrogen and oxygen atoms in total. The van der Waals surface area contributed by atoms with E-state index in [9.17, 15) is 14.3 Å². The second kappa shape index (κ2) is 15.7. The fourth-order valence-corrected chi connectivity index (χ4v) is 2.87. The van der Waals surface area contributed by atoms with Crippen molar-refractivity contribution in [2.45, 2.75) is 39.2 Å². The van der Waals surface area contributed by atoms with Crippen LogP contribution >= 0.6 is 0 Å². The molecular formula is C23H36FN3O3. The number of halogens is 1. The minimum absolute atomic E-state index is 0.0651. The van der Waals surface area contributed by atoms with Gasteiger partial charge in [-0.25, -0.2) is 4.39 Å². The van der Waals surface area contributed by atoms with Crippen LogP contribution in [0.4, 0.5) is 4.39 Å². The largest absolute Gasteiger partial charge is 0.497 e. The number of carbonyl (C=O) groups excluding carboxylic acids is 1. The van der Waals surface area contributed by atoms with E-state index in [0.29, 0.717) is 37.6 Å². The van der Waals surface area contributed by atoms with E-state index >= 15 is 0 Å². The molecule has 1 aliphatic carbocycles. The third-order valence-electron chi connectivity index (χ3n) is 4.81. The molecule has 7 heteroatoms. The summed E-state index contributed by atoms with van der Waals surface area (Å²) in [6, 6.07) is 0. The molecule has 0 aromatic heterocycles. The van der Waals surface area contributed by atoms with Crippen molar-refractivity contribution in [2.24, 2.45) is 10.9 Å². The molecule has 2 atom stereocenters. The van der Waals surface area contributed by atoms with Crippen molar-refractivity contribution in [1.82, 2.24) is 10.2 Å². The summed E-state index contributed by atoms with van der Waals surface area (Å²) < 4.78 is 19.2. The van der Waals surface area contributed by atoms with Gasteiger partial charge in [0.2, 0.25) is 0 Å². The van der Waals surface area contributed by atoms with E-state index < -0.39 is 6.10 Å². The smallest absolute Gasteiger partial charge is 0.165 e. The van der Waals surface area contributed by atoms with Gasteiger partial charge in [-0.05, 0) is 45.1 Å². The first kappa shape index (κ1) is 25.9. The van der Waals surface area contributed by atoms with Crippen LogP contribution in [0.2, 0.25) is 0 Å². The predicted molar refractivity (Wildman–Crippen MR) is 120 cm³/mol. The number of aldehydes is 1. The fourth-order valence-electron chi connectivity index (χ4n) is 2.87. The Morgan fingerprint density at radius 1 is 1.43 bits per heavy atom. The van der Waals surface area contributed by atoms with Crippen molar-refractivity contribution < 1.29 is 19.0 Å². The van der Waals surface area contributed by atoms with E-state index in [1.165, 1.54) is 6.08 Å². The van der Waals surface area contributed by atoms with Crippen LogP contribution in [0.15, 0.2) is 53.2 Å². The average molecular weight is 422 g/mol. The van der Waals surface area contributed by atoms with Crippen LogP contribution in [-0.4, -0.2) is 67.9 Å². The number of aliphatic hydroxyl groups excluding tert-OH is 1. The minimum Gasteiger partial charge on any atom is -0.497 e. The molecule has 0 saturated heterocycles. The Morgan fingerprint density at radius 3 is 2.90 bits per heavy atom. The molecule has 1 rings (SSSR count). The molecule has 30 heavy (non-hydrogen) atoms. The molecular weight excluding hydrogens is 385 g/mol. The maximum atomic E-state index is 13.5. The first-order valence-electron chi connectivity index (χ1n) is 10.6. The van der Waals surface area contributed by atoms with Crippen LogP contribution in [0.1, 0.15) is 33.1 Å². The molecule has 0 aromatic rings. The summed E-state index contributed by atoms with van der Waals surface area (Å²) in [4.78, 5) is 17.6. The third-order valence-corrected chi connectivity index (χ3v) is 4.81. The summed E-state index contributed by atoms with van der Waals surface area (Å²) in [5.74, 6) is 0.265. The monoisotopic (exact) mass is 421 g/mol. The molecule has 0 saturated carbocycles. The van der Waals surface area contributed by atoms with Gasteiger partial charge in [0.05, 0.1) is 24.8 Å². The quantitative estimate of drug-likeness (QED) is 0.314. The molecule has 0 heterocycles. The molecule has 168 valence electrons. The van der Waals surface area contributed by atoms with Crippen molar-refractivity contribution in [2.75, 3.05) is 39.8 Å². The van der Waals surface area contributed by atoms with Crippen LogP contribution in [0.5, 0.6) is 0 Å². The zero-order chi connectivity index (χ0) is 22.2. The van der Waals surface area contributed by atoms with Crippen LogP contribution < -0.4 is 5.32 Å². The molecule has 0 amide bonds. The second-order valence-corrected chi connectivity index (χ2v) is 7.36. The Morgan fingerprint density at radius 2 is 2.20 bits per heavy atom. The maximum absolute atomic E-state index is 13.5. The van der Waals surface area contributed by atoms with Gasteiger partial charge in [-0.15, -0.1) is 0 Å². The van der Waals surface area contributed by atoms with E-state index in [1.807, 2.05) is 27.0 Å². The third kappa shape index (κ3) is 11.2. The van der Waals surface area contributed by atoms with E-state index in [0.717, 1.165) is 25.8 Å². The number of aliphatic hydroxyl groups is 1. The van der Waals surface area contributed by atoms with E-state index in [-0.39, 0.29) is 18.2 Å². The van der Waals surface area contributed by atoms with Gasteiger partial charge in [-0.1, -0.05) is 32.1 Å². The van der Waals surface area contributed by atoms with Crippen molar-refractivity contribution in [1.29, 1.82) is 0 Å². The number of rotatable bonds is 15. The first-order chi connectivity index (χ1) is 14.5. The van der Waals surface area contributed by atoms with Gasteiger partial charge in [0, 0.05) is 25.2 Å². The van der Waals surface area contributed by atoms with Crippen molar-refractivity contribution in [3.8, 4) is 0 Å². The zero-order valence-corrected chi connectivity index (χ0v) is 18.4. The lowest BCUT2D eigenvalue weighted by Crippen LogP contribution is -2.32. The van der Waals surface area contributed by atoms with Crippen LogP contribution in [-0.2, 0) is 9.53 Å². The molecule has 0 fully saturated rings. The van der Waals surface area contributed by atoms with Gasteiger partial charge >= 0.3 is 0 Å². The molecule has 0 bridgehead atoms. The molecule has 0 aliphatic heterocycles. The fraction of sp³-hybridized carbons (Fsp3) is 0.565. The van der Waals surface area contributed by atoms with Crippen LogP contribution in [0.3, 0.4) is 0 Å². The lowest BCUT2D eigenvalue weighted by atomic mass is 10.0. The van der Waals surface area contributed by atoms with Gasteiger partial charge in [-0.2, -0.15) is 0 Å². The van der Waals surface area contributed by atoms with E-state index in [2.05, 4.69) is 15.2 Å². The Bertz CT molecular complexity index is 656. The Labute approximate surface area is 179 Å². The van der Waals surface area contributed by atoms with Gasteiger partial charge < -0.3 is 15.2 Å². The lowest BCUT2D eigenvalue weighted by Gasteiger charge is -2.23. The Hall–Kier alpha value is -2.09. The van der Waals surface area contributed by atoms with Gasteiger partial charge in [0.15, 0.2) is 6.29 Å². The molecule has 1 aliphatic rings. The summed E-state index contributed by atoms with van der Waals surface area (Å²) >= 11 is 0. The highest BCUT2D eigenvalue weighted by molar-refractivity contribution is 6.29. The number of nitrogens with zero attached hydrogens (tertiary/aromatic N) is 2. The maximum Gasteiger partial charge on any atom is 0.165 e. The predicted octanol–water partition coefficient (Wildman–Crippen LogP) is 3.17.